The van der Waals surface area contributed by atoms with E-state index in [0.29, 0.717) is 13.1 Å². The summed E-state index contributed by atoms with van der Waals surface area (Å²) < 4.78 is 0. The van der Waals surface area contributed by atoms with Crippen molar-refractivity contribution in [3.05, 3.63) is 51.5 Å². The van der Waals surface area contributed by atoms with Crippen molar-refractivity contribution >= 4 is 23.2 Å². The fraction of sp³-hybridized carbons (Fsp3) is 0.450. The fourth-order valence-electron chi connectivity index (χ4n) is 3.64. The highest BCUT2D eigenvalue weighted by atomic mass is 32.1. The molecule has 138 valence electrons. The van der Waals surface area contributed by atoms with E-state index in [1.165, 1.54) is 0 Å². The molecule has 5 nitrogen and oxygen atoms in total. The average Bonchev–Trinajstić information content (AvgIpc) is 3.18. The zero-order chi connectivity index (χ0) is 18.7. The van der Waals surface area contributed by atoms with Crippen LogP contribution in [0.15, 0.2) is 29.6 Å². The predicted octanol–water partition coefficient (Wildman–Crippen LogP) is 3.03. The van der Waals surface area contributed by atoms with Crippen molar-refractivity contribution in [2.24, 2.45) is 5.92 Å². The molecule has 6 heteroatoms. The quantitative estimate of drug-likeness (QED) is 0.849. The topological polar surface area (TPSA) is 62.3 Å². The number of carbonyl (C=O) groups is 2. The van der Waals surface area contributed by atoms with Gasteiger partial charge in [0.05, 0.1) is 17.0 Å². The van der Waals surface area contributed by atoms with E-state index >= 15 is 0 Å². The molecule has 2 aromatic rings. The van der Waals surface area contributed by atoms with Crippen molar-refractivity contribution in [1.82, 2.24) is 15.2 Å². The van der Waals surface area contributed by atoms with Gasteiger partial charge < -0.3 is 10.2 Å². The molecule has 26 heavy (non-hydrogen) atoms. The second kappa shape index (κ2) is 7.99. The van der Waals surface area contributed by atoms with E-state index in [9.17, 15) is 9.59 Å². The van der Waals surface area contributed by atoms with Crippen LogP contribution in [0, 0.1) is 19.8 Å². The number of likely N-dealkylation sites (tertiary alicyclic amines) is 1. The molecule has 1 fully saturated rings. The van der Waals surface area contributed by atoms with Crippen molar-refractivity contribution in [3.63, 3.8) is 0 Å². The number of thiazole rings is 1. The third-order valence-electron chi connectivity index (χ3n) is 4.92. The fourth-order valence-corrected chi connectivity index (χ4v) is 4.42. The number of benzene rings is 1. The third kappa shape index (κ3) is 3.80. The molecular weight excluding hydrogens is 346 g/mol. The van der Waals surface area contributed by atoms with Crippen LogP contribution in [0.5, 0.6) is 0 Å². The Kier molecular flexibility index (Phi) is 5.71. The van der Waals surface area contributed by atoms with Crippen LogP contribution >= 0.6 is 11.3 Å². The first-order valence-electron chi connectivity index (χ1n) is 9.05. The van der Waals surface area contributed by atoms with Crippen molar-refractivity contribution in [3.8, 4) is 0 Å². The molecular formula is C20H25N3O2S. The Labute approximate surface area is 158 Å². The summed E-state index contributed by atoms with van der Waals surface area (Å²) in [6, 6.07) is 7.83. The highest BCUT2D eigenvalue weighted by Crippen LogP contribution is 2.39. The van der Waals surface area contributed by atoms with Gasteiger partial charge in [0.1, 0.15) is 0 Å². The average molecular weight is 372 g/mol. The summed E-state index contributed by atoms with van der Waals surface area (Å²) in [4.78, 5) is 31.5. The van der Waals surface area contributed by atoms with E-state index < -0.39 is 0 Å². The summed E-state index contributed by atoms with van der Waals surface area (Å²) in [6.07, 6.45) is 0.993. The lowest BCUT2D eigenvalue weighted by Crippen LogP contribution is -2.36. The second-order valence-electron chi connectivity index (χ2n) is 6.72. The summed E-state index contributed by atoms with van der Waals surface area (Å²) in [6.45, 7) is 7.12. The normalized spacial score (nSPS) is 19.8. The summed E-state index contributed by atoms with van der Waals surface area (Å²) >= 11 is 1.61. The Hall–Kier alpha value is -2.21. The van der Waals surface area contributed by atoms with E-state index in [-0.39, 0.29) is 30.2 Å². The van der Waals surface area contributed by atoms with Gasteiger partial charge in [-0.05, 0) is 31.9 Å². The van der Waals surface area contributed by atoms with E-state index in [1.807, 2.05) is 55.3 Å². The Balaban J connectivity index is 1.72. The second-order valence-corrected chi connectivity index (χ2v) is 7.66. The number of nitrogens with one attached hydrogen (secondary N) is 1. The highest BCUT2D eigenvalue weighted by Gasteiger charge is 2.44. The van der Waals surface area contributed by atoms with Gasteiger partial charge >= 0.3 is 0 Å². The number of nitrogens with zero attached hydrogens (tertiary/aromatic N) is 2. The van der Waals surface area contributed by atoms with Gasteiger partial charge in [0.15, 0.2) is 0 Å². The molecule has 2 amide bonds. The molecule has 1 aliphatic heterocycles. The number of rotatable bonds is 6. The standard InChI is InChI=1S/C20H25N3O2S/c1-4-23-18(24)11-16(19(23)15-8-6-5-7-13(15)2)20(25)21-10-9-17-22-14(3)12-26-17/h5-8,12,16,19H,4,9-11H2,1-3H3,(H,21,25)/t16-,19+/m1/s1. The molecule has 1 aromatic carbocycles. The number of aryl methyl sites for hydroxylation is 2. The molecule has 2 heterocycles. The molecule has 2 atom stereocenters. The highest BCUT2D eigenvalue weighted by molar-refractivity contribution is 7.09. The summed E-state index contributed by atoms with van der Waals surface area (Å²) in [7, 11) is 0. The lowest BCUT2D eigenvalue weighted by Gasteiger charge is -2.28. The summed E-state index contributed by atoms with van der Waals surface area (Å²) in [5.74, 6) is -0.339. The number of hydrogen-bond acceptors (Lipinski definition) is 4. The smallest absolute Gasteiger partial charge is 0.226 e. The van der Waals surface area contributed by atoms with Crippen LogP contribution in [0.25, 0.3) is 0 Å². The molecule has 0 aliphatic carbocycles. The van der Waals surface area contributed by atoms with Crippen LogP contribution in [0.3, 0.4) is 0 Å². The molecule has 0 bridgehead atoms. The minimum atomic E-state index is -0.346. The molecule has 1 N–H and O–H groups in total. The summed E-state index contributed by atoms with van der Waals surface area (Å²) in [5, 5.41) is 6.05. The van der Waals surface area contributed by atoms with Gasteiger partial charge in [0.2, 0.25) is 11.8 Å². The summed E-state index contributed by atoms with van der Waals surface area (Å²) in [5.41, 5.74) is 3.19. The van der Waals surface area contributed by atoms with Crippen molar-refractivity contribution < 1.29 is 9.59 Å². The maximum Gasteiger partial charge on any atom is 0.226 e. The van der Waals surface area contributed by atoms with Gasteiger partial charge in [-0.2, -0.15) is 0 Å². The van der Waals surface area contributed by atoms with Gasteiger partial charge in [-0.15, -0.1) is 11.3 Å². The maximum atomic E-state index is 12.8. The van der Waals surface area contributed by atoms with E-state index in [1.54, 1.807) is 11.3 Å². The first-order chi connectivity index (χ1) is 12.5. The molecule has 0 saturated carbocycles. The van der Waals surface area contributed by atoms with Crippen molar-refractivity contribution in [2.75, 3.05) is 13.1 Å². The van der Waals surface area contributed by atoms with E-state index in [4.69, 9.17) is 0 Å². The molecule has 0 unspecified atom stereocenters. The number of carbonyl (C=O) groups excluding carboxylic acids is 2. The molecule has 0 spiro atoms. The van der Waals surface area contributed by atoms with E-state index in [2.05, 4.69) is 10.3 Å². The number of amides is 2. The zero-order valence-electron chi connectivity index (χ0n) is 15.5. The SMILES string of the molecule is CCN1C(=O)C[C@@H](C(=O)NCCc2nc(C)cs2)[C@@H]1c1ccccc1C. The zero-order valence-corrected chi connectivity index (χ0v) is 16.3. The van der Waals surface area contributed by atoms with Crippen LogP contribution in [0.1, 0.15) is 41.2 Å². The van der Waals surface area contributed by atoms with Gasteiger partial charge in [0.25, 0.3) is 0 Å². The van der Waals surface area contributed by atoms with Gasteiger partial charge in [-0.25, -0.2) is 4.98 Å². The molecule has 1 saturated heterocycles. The van der Waals surface area contributed by atoms with Crippen molar-refractivity contribution in [1.29, 1.82) is 0 Å². The van der Waals surface area contributed by atoms with Crippen LogP contribution in [-0.2, 0) is 16.0 Å². The Morgan fingerprint density at radius 3 is 2.77 bits per heavy atom. The maximum absolute atomic E-state index is 12.8. The Morgan fingerprint density at radius 1 is 1.35 bits per heavy atom. The minimum Gasteiger partial charge on any atom is -0.355 e. The van der Waals surface area contributed by atoms with Gasteiger partial charge in [-0.1, -0.05) is 24.3 Å². The number of hydrogen-bond donors (Lipinski definition) is 1. The van der Waals surface area contributed by atoms with Crippen molar-refractivity contribution in [2.45, 2.75) is 39.7 Å². The lowest BCUT2D eigenvalue weighted by molar-refractivity contribution is -0.129. The van der Waals surface area contributed by atoms with Gasteiger partial charge in [0, 0.05) is 37.0 Å². The van der Waals surface area contributed by atoms with Crippen LogP contribution in [0.4, 0.5) is 0 Å². The molecule has 1 aromatic heterocycles. The minimum absolute atomic E-state index is 0.0455. The first kappa shape index (κ1) is 18.6. The van der Waals surface area contributed by atoms with Crippen LogP contribution in [-0.4, -0.2) is 34.8 Å². The number of aromatic nitrogens is 1. The predicted molar refractivity (Wildman–Crippen MR) is 103 cm³/mol. The molecule has 0 radical (unpaired) electrons. The third-order valence-corrected chi connectivity index (χ3v) is 5.95. The van der Waals surface area contributed by atoms with Crippen LogP contribution < -0.4 is 5.32 Å². The first-order valence-corrected chi connectivity index (χ1v) is 9.93. The van der Waals surface area contributed by atoms with E-state index in [0.717, 1.165) is 28.2 Å². The van der Waals surface area contributed by atoms with Crippen LogP contribution in [0.2, 0.25) is 0 Å². The molecule has 1 aliphatic rings. The Morgan fingerprint density at radius 2 is 2.12 bits per heavy atom. The monoisotopic (exact) mass is 371 g/mol. The van der Waals surface area contributed by atoms with Gasteiger partial charge in [-0.3, -0.25) is 9.59 Å². The lowest BCUT2D eigenvalue weighted by atomic mass is 9.90. The molecule has 3 rings (SSSR count). The largest absolute Gasteiger partial charge is 0.355 e. The Bertz CT molecular complexity index is 802.